The van der Waals surface area contributed by atoms with E-state index in [4.69, 9.17) is 10.5 Å². The van der Waals surface area contributed by atoms with Crippen molar-refractivity contribution in [2.24, 2.45) is 0 Å². The van der Waals surface area contributed by atoms with Crippen molar-refractivity contribution in [2.45, 2.75) is 6.42 Å². The van der Waals surface area contributed by atoms with Crippen LogP contribution in [0.15, 0.2) is 48.8 Å². The van der Waals surface area contributed by atoms with Gasteiger partial charge in [0.2, 0.25) is 0 Å². The normalized spacial score (nSPS) is 10.7. The van der Waals surface area contributed by atoms with Gasteiger partial charge in [-0.25, -0.2) is 0 Å². The van der Waals surface area contributed by atoms with Gasteiger partial charge in [-0.15, -0.1) is 0 Å². The molecule has 1 aromatic heterocycles. The molecule has 0 radical (unpaired) electrons. The van der Waals surface area contributed by atoms with Crippen LogP contribution in [0.2, 0.25) is 0 Å². The Bertz CT molecular complexity index is 516. The molecule has 0 aliphatic heterocycles. The number of likely N-dealkylation sites (N-methyl/N-ethyl adjacent to an activating group) is 1. The van der Waals surface area contributed by atoms with Crippen LogP contribution in [0.25, 0.3) is 0 Å². The summed E-state index contributed by atoms with van der Waals surface area (Å²) in [6, 6.07) is 11.6. The summed E-state index contributed by atoms with van der Waals surface area (Å²) >= 11 is 0. The summed E-state index contributed by atoms with van der Waals surface area (Å²) in [4.78, 5) is 6.28. The lowest BCUT2D eigenvalue weighted by Gasteiger charge is -2.17. The molecule has 20 heavy (non-hydrogen) atoms. The summed E-state index contributed by atoms with van der Waals surface area (Å²) in [5.41, 5.74) is 7.75. The first-order chi connectivity index (χ1) is 9.74. The lowest BCUT2D eigenvalue weighted by Crippen LogP contribution is -2.26. The highest BCUT2D eigenvalue weighted by Crippen LogP contribution is 2.14. The maximum Gasteiger partial charge on any atom is 0.121 e. The van der Waals surface area contributed by atoms with E-state index < -0.39 is 0 Å². The van der Waals surface area contributed by atoms with Crippen LogP contribution in [-0.4, -0.2) is 36.6 Å². The molecule has 0 amide bonds. The van der Waals surface area contributed by atoms with E-state index in [1.165, 1.54) is 5.56 Å². The van der Waals surface area contributed by atoms with Crippen LogP contribution in [0.3, 0.4) is 0 Å². The van der Waals surface area contributed by atoms with E-state index in [0.29, 0.717) is 6.61 Å². The van der Waals surface area contributed by atoms with Crippen LogP contribution in [0.5, 0.6) is 5.75 Å². The van der Waals surface area contributed by atoms with E-state index in [-0.39, 0.29) is 0 Å². The Hall–Kier alpha value is -2.07. The largest absolute Gasteiger partial charge is 0.492 e. The number of nitrogens with zero attached hydrogens (tertiary/aromatic N) is 2. The minimum Gasteiger partial charge on any atom is -0.492 e. The number of pyridine rings is 1. The zero-order chi connectivity index (χ0) is 14.2. The van der Waals surface area contributed by atoms with Gasteiger partial charge in [-0.2, -0.15) is 0 Å². The Morgan fingerprint density at radius 3 is 2.70 bits per heavy atom. The third-order valence-corrected chi connectivity index (χ3v) is 3.13. The number of hydrogen-bond donors (Lipinski definition) is 1. The monoisotopic (exact) mass is 271 g/mol. The second-order valence-corrected chi connectivity index (χ2v) is 4.83. The van der Waals surface area contributed by atoms with Gasteiger partial charge < -0.3 is 15.4 Å². The summed E-state index contributed by atoms with van der Waals surface area (Å²) in [5.74, 6) is 0.826. The maximum absolute atomic E-state index is 5.71. The van der Waals surface area contributed by atoms with Gasteiger partial charge >= 0.3 is 0 Å². The van der Waals surface area contributed by atoms with E-state index >= 15 is 0 Å². The zero-order valence-electron chi connectivity index (χ0n) is 11.8. The Morgan fingerprint density at radius 2 is 1.95 bits per heavy atom. The van der Waals surface area contributed by atoms with E-state index in [1.54, 1.807) is 0 Å². The van der Waals surface area contributed by atoms with E-state index in [2.05, 4.69) is 29.1 Å². The number of ether oxygens (including phenoxy) is 1. The van der Waals surface area contributed by atoms with Gasteiger partial charge in [-0.1, -0.05) is 6.07 Å². The van der Waals surface area contributed by atoms with E-state index in [0.717, 1.165) is 30.9 Å². The molecule has 2 N–H and O–H groups in total. The number of rotatable bonds is 7. The molecule has 0 spiro atoms. The molecule has 106 valence electrons. The predicted octanol–water partition coefficient (Wildman–Crippen LogP) is 2.22. The SMILES string of the molecule is CN(CCOc1cccc(N)c1)CCc1ccncc1. The average Bonchev–Trinajstić information content (AvgIpc) is 2.46. The van der Waals surface area contributed by atoms with Crippen LogP contribution in [0, 0.1) is 0 Å². The molecular formula is C16H21N3O. The Morgan fingerprint density at radius 1 is 1.15 bits per heavy atom. The van der Waals surface area contributed by atoms with Crippen molar-refractivity contribution < 1.29 is 4.74 Å². The van der Waals surface area contributed by atoms with Gasteiger partial charge in [-0.3, -0.25) is 4.98 Å². The highest BCUT2D eigenvalue weighted by atomic mass is 16.5. The first-order valence-electron chi connectivity index (χ1n) is 6.80. The Labute approximate surface area is 120 Å². The average molecular weight is 271 g/mol. The molecule has 2 rings (SSSR count). The van der Waals surface area contributed by atoms with Gasteiger partial charge in [-0.05, 0) is 43.3 Å². The number of hydrogen-bond acceptors (Lipinski definition) is 4. The van der Waals surface area contributed by atoms with E-state index in [9.17, 15) is 0 Å². The molecule has 0 saturated carbocycles. The molecule has 0 atom stereocenters. The number of nitrogens with two attached hydrogens (primary N) is 1. The minimum absolute atomic E-state index is 0.663. The molecular weight excluding hydrogens is 250 g/mol. The van der Waals surface area contributed by atoms with Crippen LogP contribution in [0.4, 0.5) is 5.69 Å². The van der Waals surface area contributed by atoms with Gasteiger partial charge in [0.05, 0.1) is 0 Å². The molecule has 0 fully saturated rings. The molecule has 4 nitrogen and oxygen atoms in total. The van der Waals surface area contributed by atoms with Gasteiger partial charge in [0.15, 0.2) is 0 Å². The second kappa shape index (κ2) is 7.50. The smallest absolute Gasteiger partial charge is 0.121 e. The quantitative estimate of drug-likeness (QED) is 0.785. The second-order valence-electron chi connectivity index (χ2n) is 4.83. The first kappa shape index (κ1) is 14.3. The number of anilines is 1. The molecule has 0 aliphatic rings. The summed E-state index contributed by atoms with van der Waals surface area (Å²) in [6.45, 7) is 2.56. The summed E-state index contributed by atoms with van der Waals surface area (Å²) in [5, 5.41) is 0. The molecule has 1 heterocycles. The van der Waals surface area contributed by atoms with Gasteiger partial charge in [0.1, 0.15) is 12.4 Å². The maximum atomic E-state index is 5.71. The highest BCUT2D eigenvalue weighted by Gasteiger charge is 2.00. The highest BCUT2D eigenvalue weighted by molar-refractivity contribution is 5.43. The van der Waals surface area contributed by atoms with Gasteiger partial charge in [0, 0.05) is 37.2 Å². The fraction of sp³-hybridized carbons (Fsp3) is 0.312. The van der Waals surface area contributed by atoms with Crippen molar-refractivity contribution in [2.75, 3.05) is 32.5 Å². The molecule has 0 aliphatic carbocycles. The fourth-order valence-electron chi connectivity index (χ4n) is 1.90. The van der Waals surface area contributed by atoms with Crippen LogP contribution in [-0.2, 0) is 6.42 Å². The van der Waals surface area contributed by atoms with Crippen molar-refractivity contribution in [3.8, 4) is 5.75 Å². The van der Waals surface area contributed by atoms with Crippen LogP contribution >= 0.6 is 0 Å². The summed E-state index contributed by atoms with van der Waals surface area (Å²) in [6.07, 6.45) is 4.69. The minimum atomic E-state index is 0.663. The fourth-order valence-corrected chi connectivity index (χ4v) is 1.90. The molecule has 1 aromatic carbocycles. The topological polar surface area (TPSA) is 51.4 Å². The standard InChI is InChI=1S/C16H21N3O/c1-19(10-7-14-5-8-18-9-6-14)11-12-20-16-4-2-3-15(17)13-16/h2-6,8-9,13H,7,10-12,17H2,1H3. The molecule has 0 saturated heterocycles. The van der Waals surface area contributed by atoms with Crippen molar-refractivity contribution in [1.82, 2.24) is 9.88 Å². The van der Waals surface area contributed by atoms with Crippen LogP contribution < -0.4 is 10.5 Å². The lowest BCUT2D eigenvalue weighted by molar-refractivity contribution is 0.239. The molecule has 0 bridgehead atoms. The van der Waals surface area contributed by atoms with Crippen molar-refractivity contribution in [1.29, 1.82) is 0 Å². The third-order valence-electron chi connectivity index (χ3n) is 3.13. The lowest BCUT2D eigenvalue weighted by atomic mass is 10.2. The Balaban J connectivity index is 1.66. The van der Waals surface area contributed by atoms with Crippen molar-refractivity contribution in [3.63, 3.8) is 0 Å². The van der Waals surface area contributed by atoms with Crippen LogP contribution in [0.1, 0.15) is 5.56 Å². The van der Waals surface area contributed by atoms with Gasteiger partial charge in [0.25, 0.3) is 0 Å². The third kappa shape index (κ3) is 4.90. The van der Waals surface area contributed by atoms with E-state index in [1.807, 2.05) is 36.7 Å². The Kier molecular flexibility index (Phi) is 5.38. The number of benzene rings is 1. The number of nitrogen functional groups attached to an aromatic ring is 1. The first-order valence-corrected chi connectivity index (χ1v) is 6.80. The molecule has 4 heteroatoms. The number of aromatic nitrogens is 1. The zero-order valence-corrected chi connectivity index (χ0v) is 11.8. The van der Waals surface area contributed by atoms with Crippen molar-refractivity contribution in [3.05, 3.63) is 54.4 Å². The molecule has 2 aromatic rings. The summed E-state index contributed by atoms with van der Waals surface area (Å²) in [7, 11) is 2.10. The predicted molar refractivity (Wildman–Crippen MR) is 81.8 cm³/mol. The van der Waals surface area contributed by atoms with Crippen molar-refractivity contribution >= 4 is 5.69 Å². The molecule has 0 unspecified atom stereocenters. The summed E-state index contributed by atoms with van der Waals surface area (Å²) < 4.78 is 5.68.